The molecule has 10 nitrogen and oxygen atoms in total. The van der Waals surface area contributed by atoms with E-state index in [0.717, 1.165) is 47.3 Å². The molecule has 11 heteroatoms. The number of likely N-dealkylation sites (tertiary alicyclic amines) is 1. The van der Waals surface area contributed by atoms with Gasteiger partial charge in [0.1, 0.15) is 23.9 Å². The fourth-order valence-electron chi connectivity index (χ4n) is 5.17. The van der Waals surface area contributed by atoms with E-state index in [4.69, 9.17) is 9.72 Å². The third-order valence-corrected chi connectivity index (χ3v) is 7.12. The fourth-order valence-corrected chi connectivity index (χ4v) is 5.17. The van der Waals surface area contributed by atoms with Crippen molar-refractivity contribution in [2.24, 2.45) is 7.05 Å². The Bertz CT molecular complexity index is 1800. The monoisotopic (exact) mass is 523 g/mol. The van der Waals surface area contributed by atoms with Gasteiger partial charge < -0.3 is 9.72 Å². The molecule has 5 aromatic heterocycles. The highest BCUT2D eigenvalue weighted by atomic mass is 19.1. The molecule has 1 aliphatic heterocycles. The highest BCUT2D eigenvalue weighted by Gasteiger charge is 2.18. The summed E-state index contributed by atoms with van der Waals surface area (Å²) in [6, 6.07) is 6.71. The number of aromatic nitrogens is 8. The van der Waals surface area contributed by atoms with E-state index in [1.165, 1.54) is 25.0 Å². The third kappa shape index (κ3) is 4.50. The Morgan fingerprint density at radius 2 is 1.90 bits per heavy atom. The van der Waals surface area contributed by atoms with Gasteiger partial charge in [0.15, 0.2) is 5.82 Å². The molecule has 1 fully saturated rings. The van der Waals surface area contributed by atoms with Gasteiger partial charge in [-0.3, -0.25) is 24.6 Å². The summed E-state index contributed by atoms with van der Waals surface area (Å²) in [6.45, 7) is 3.54. The van der Waals surface area contributed by atoms with Gasteiger partial charge in [0, 0.05) is 48.6 Å². The summed E-state index contributed by atoms with van der Waals surface area (Å²) < 4.78 is 22.3. The molecule has 0 aliphatic carbocycles. The van der Waals surface area contributed by atoms with Crippen LogP contribution in [0.15, 0.2) is 55.2 Å². The van der Waals surface area contributed by atoms with Gasteiger partial charge in [0.05, 0.1) is 40.8 Å². The Balaban J connectivity index is 1.23. The van der Waals surface area contributed by atoms with Crippen LogP contribution < -0.4 is 4.74 Å². The topological polar surface area (TPSA) is 113 Å². The summed E-state index contributed by atoms with van der Waals surface area (Å²) in [4.78, 5) is 19.5. The molecule has 1 aliphatic rings. The first-order chi connectivity index (χ1) is 19.1. The van der Waals surface area contributed by atoms with E-state index in [0.29, 0.717) is 40.5 Å². The second-order valence-electron chi connectivity index (χ2n) is 9.83. The number of nitrogens with zero attached hydrogens (tertiary/aromatic N) is 7. The van der Waals surface area contributed by atoms with E-state index in [-0.39, 0.29) is 5.82 Å². The first kappa shape index (κ1) is 23.5. The van der Waals surface area contributed by atoms with Crippen LogP contribution in [0, 0.1) is 5.82 Å². The number of pyridine rings is 2. The van der Waals surface area contributed by atoms with Crippen molar-refractivity contribution >= 4 is 21.9 Å². The molecule has 196 valence electrons. The number of aromatic amines is 2. The molecule has 1 aromatic carbocycles. The lowest BCUT2D eigenvalue weighted by Crippen LogP contribution is -2.25. The van der Waals surface area contributed by atoms with Crippen LogP contribution >= 0.6 is 0 Å². The number of aryl methyl sites for hydroxylation is 1. The molecule has 0 radical (unpaired) electrons. The lowest BCUT2D eigenvalue weighted by atomic mass is 10.1. The fraction of sp³-hybridized carbons (Fsp3) is 0.250. The molecule has 0 saturated carbocycles. The minimum Gasteiger partial charge on any atom is -0.492 e. The summed E-state index contributed by atoms with van der Waals surface area (Å²) in [6.07, 6.45) is 11.3. The predicted molar refractivity (Wildman–Crippen MR) is 146 cm³/mol. The SMILES string of the molecule is Cn1cc(-c2cc3c(-c4nc5c(-c6cc(F)cc(OCCN7CCCC7)c6)cncc5[nH]4)n[nH]c3cn2)cn1. The third-order valence-electron chi connectivity index (χ3n) is 7.12. The summed E-state index contributed by atoms with van der Waals surface area (Å²) in [5, 5.41) is 12.7. The Morgan fingerprint density at radius 1 is 1.00 bits per heavy atom. The van der Waals surface area contributed by atoms with Crippen LogP contribution in [0.25, 0.3) is 55.8 Å². The van der Waals surface area contributed by atoms with Crippen molar-refractivity contribution in [3.05, 3.63) is 61.1 Å². The van der Waals surface area contributed by atoms with Gasteiger partial charge in [0.25, 0.3) is 0 Å². The maximum Gasteiger partial charge on any atom is 0.159 e. The Labute approximate surface area is 222 Å². The minimum atomic E-state index is -0.370. The highest BCUT2D eigenvalue weighted by Crippen LogP contribution is 2.33. The minimum absolute atomic E-state index is 0.370. The molecule has 0 unspecified atom stereocenters. The number of H-pyrrole nitrogens is 2. The van der Waals surface area contributed by atoms with E-state index in [1.54, 1.807) is 29.5 Å². The summed E-state index contributed by atoms with van der Waals surface area (Å²) in [5.74, 6) is 0.697. The second-order valence-corrected chi connectivity index (χ2v) is 9.83. The number of rotatable bonds is 7. The first-order valence-corrected chi connectivity index (χ1v) is 12.9. The average molecular weight is 524 g/mol. The van der Waals surface area contributed by atoms with Gasteiger partial charge in [0.2, 0.25) is 0 Å². The van der Waals surface area contributed by atoms with Crippen molar-refractivity contribution in [1.82, 2.24) is 44.8 Å². The maximum atomic E-state index is 14.7. The van der Waals surface area contributed by atoms with Crippen LogP contribution in [0.1, 0.15) is 12.8 Å². The Kier molecular flexibility index (Phi) is 5.77. The van der Waals surface area contributed by atoms with Crippen LogP contribution in [0.2, 0.25) is 0 Å². The molecular formula is C28H26FN9O. The van der Waals surface area contributed by atoms with Crippen LogP contribution in [0.5, 0.6) is 5.75 Å². The van der Waals surface area contributed by atoms with Crippen molar-refractivity contribution < 1.29 is 9.13 Å². The Morgan fingerprint density at radius 3 is 2.74 bits per heavy atom. The lowest BCUT2D eigenvalue weighted by molar-refractivity contribution is 0.237. The van der Waals surface area contributed by atoms with Crippen LogP contribution in [0.4, 0.5) is 4.39 Å². The van der Waals surface area contributed by atoms with Gasteiger partial charge in [-0.25, -0.2) is 9.37 Å². The molecule has 0 atom stereocenters. The predicted octanol–water partition coefficient (Wildman–Crippen LogP) is 4.58. The molecule has 2 N–H and O–H groups in total. The molecule has 6 heterocycles. The smallest absolute Gasteiger partial charge is 0.159 e. The quantitative estimate of drug-likeness (QED) is 0.315. The van der Waals surface area contributed by atoms with Crippen LogP contribution in [-0.4, -0.2) is 71.1 Å². The molecule has 39 heavy (non-hydrogen) atoms. The van der Waals surface area contributed by atoms with Crippen molar-refractivity contribution in [2.75, 3.05) is 26.2 Å². The molecular weight excluding hydrogens is 497 g/mol. The highest BCUT2D eigenvalue weighted by molar-refractivity contribution is 5.97. The summed E-state index contributed by atoms with van der Waals surface area (Å²) >= 11 is 0. The largest absolute Gasteiger partial charge is 0.492 e. The molecule has 7 rings (SSSR count). The molecule has 1 saturated heterocycles. The van der Waals surface area contributed by atoms with Gasteiger partial charge in [-0.2, -0.15) is 10.2 Å². The number of fused-ring (bicyclic) bond motifs is 2. The number of benzene rings is 1. The zero-order valence-corrected chi connectivity index (χ0v) is 21.4. The second kappa shape index (κ2) is 9.59. The van der Waals surface area contributed by atoms with Crippen molar-refractivity contribution in [1.29, 1.82) is 0 Å². The lowest BCUT2D eigenvalue weighted by Gasteiger charge is -2.15. The van der Waals surface area contributed by atoms with E-state index in [1.807, 2.05) is 25.4 Å². The first-order valence-electron chi connectivity index (χ1n) is 12.9. The van der Waals surface area contributed by atoms with E-state index >= 15 is 0 Å². The van der Waals surface area contributed by atoms with Gasteiger partial charge in [-0.15, -0.1) is 0 Å². The molecule has 6 aromatic rings. The number of ether oxygens (including phenoxy) is 1. The summed E-state index contributed by atoms with van der Waals surface area (Å²) in [7, 11) is 1.87. The average Bonchev–Trinajstić information content (AvgIpc) is 3.74. The van der Waals surface area contributed by atoms with Crippen molar-refractivity contribution in [3.8, 4) is 39.7 Å². The van der Waals surface area contributed by atoms with Crippen molar-refractivity contribution in [2.45, 2.75) is 12.8 Å². The number of imidazole rings is 1. The zero-order chi connectivity index (χ0) is 26.3. The maximum absolute atomic E-state index is 14.7. The van der Waals surface area contributed by atoms with Crippen LogP contribution in [-0.2, 0) is 7.05 Å². The zero-order valence-electron chi connectivity index (χ0n) is 21.4. The van der Waals surface area contributed by atoms with E-state index in [9.17, 15) is 4.39 Å². The number of nitrogens with one attached hydrogen (secondary N) is 2. The number of hydrogen-bond donors (Lipinski definition) is 2. The number of halogens is 1. The molecule has 0 spiro atoms. The normalized spacial score (nSPS) is 14.1. The van der Waals surface area contributed by atoms with E-state index < -0.39 is 0 Å². The summed E-state index contributed by atoms with van der Waals surface area (Å²) in [5.41, 5.74) is 5.89. The van der Waals surface area contributed by atoms with E-state index in [2.05, 4.69) is 35.1 Å². The molecule has 0 amide bonds. The van der Waals surface area contributed by atoms with Gasteiger partial charge >= 0.3 is 0 Å². The van der Waals surface area contributed by atoms with Gasteiger partial charge in [-0.05, 0) is 49.7 Å². The van der Waals surface area contributed by atoms with Gasteiger partial charge in [-0.1, -0.05) is 0 Å². The number of hydrogen-bond acceptors (Lipinski definition) is 7. The standard InChI is InChI=1S/C28H26FN9O/c1-37-16-18(12-32-37)23-11-21-24(15-31-23)35-36-27(21)28-33-25-14-30-13-22(26(25)34-28)17-8-19(29)10-20(9-17)39-7-6-38-4-2-3-5-38/h8-16H,2-7H2,1H3,(H,33,34)(H,35,36). The van der Waals surface area contributed by atoms with Crippen LogP contribution in [0.3, 0.4) is 0 Å². The van der Waals surface area contributed by atoms with Crippen molar-refractivity contribution in [3.63, 3.8) is 0 Å². The molecule has 0 bridgehead atoms. The Hall–Kier alpha value is -4.64.